The second-order valence-electron chi connectivity index (χ2n) is 16.3. The largest absolute Gasteiger partial charge is 0.496 e. The standard InChI is InChI=1S/C43H53FN4O7/c1-7-40(52)14-9-16-42(39(51)54-6,35-27(13-18-45-24-40)28-21-26(44)11-12-31(28)46-35)30-22-29-32(23-33(30)53-5)47(4)36-34(50)37(55-25(3)49)41(8-2)15-10-19-48-20-17-43(29,36)38(41)48/h9-12,15-16,21-23,34,36-38,45-46,50,52H,7-8,13-14,17-20,24H2,1-6H3/b16-9-/t34-,36?,37-,38-,40?,41-,42-,43-/m0/s1. The van der Waals surface area contributed by atoms with Crippen LogP contribution in [0.15, 0.2) is 54.6 Å². The van der Waals surface area contributed by atoms with Crippen LogP contribution >= 0.6 is 0 Å². The van der Waals surface area contributed by atoms with Crippen LogP contribution in [0.25, 0.3) is 10.9 Å². The maximum atomic E-state index is 15.0. The van der Waals surface area contributed by atoms with Crippen molar-refractivity contribution in [1.29, 1.82) is 0 Å². The number of esters is 2. The van der Waals surface area contributed by atoms with Crippen LogP contribution in [-0.2, 0) is 36.3 Å². The van der Waals surface area contributed by atoms with E-state index in [0.29, 0.717) is 60.3 Å². The minimum absolute atomic E-state index is 0.132. The summed E-state index contributed by atoms with van der Waals surface area (Å²) in [6, 6.07) is 8.02. The summed E-state index contributed by atoms with van der Waals surface area (Å²) in [7, 11) is 4.91. The Morgan fingerprint density at radius 3 is 2.58 bits per heavy atom. The first-order valence-electron chi connectivity index (χ1n) is 19.6. The number of methoxy groups -OCH3 is 2. The molecule has 2 aromatic carbocycles. The van der Waals surface area contributed by atoms with E-state index in [9.17, 15) is 24.2 Å². The van der Waals surface area contributed by atoms with Crippen LogP contribution in [0.4, 0.5) is 10.1 Å². The highest BCUT2D eigenvalue weighted by atomic mass is 19.1. The summed E-state index contributed by atoms with van der Waals surface area (Å²) in [6.45, 7) is 7.72. The average Bonchev–Trinajstić information content (AvgIpc) is 3.82. The molecule has 5 heterocycles. The van der Waals surface area contributed by atoms with Gasteiger partial charge in [-0.3, -0.25) is 14.5 Å². The zero-order valence-electron chi connectivity index (χ0n) is 32.6. The number of likely N-dealkylation sites (N-methyl/N-ethyl adjacent to an activating group) is 1. The van der Waals surface area contributed by atoms with Crippen molar-refractivity contribution in [3.05, 3.63) is 82.8 Å². The summed E-state index contributed by atoms with van der Waals surface area (Å²) in [6.07, 6.45) is 8.69. The number of ether oxygens (including phenoxy) is 3. The first-order valence-corrected chi connectivity index (χ1v) is 19.6. The van der Waals surface area contributed by atoms with Crippen LogP contribution in [0.2, 0.25) is 0 Å². The predicted molar refractivity (Wildman–Crippen MR) is 207 cm³/mol. The number of hydrogen-bond acceptors (Lipinski definition) is 10. The molecule has 1 aromatic heterocycles. The highest BCUT2D eigenvalue weighted by Gasteiger charge is 2.73. The molecule has 294 valence electrons. The number of rotatable bonds is 6. The zero-order valence-corrected chi connectivity index (χ0v) is 32.6. The molecule has 0 bridgehead atoms. The van der Waals surface area contributed by atoms with E-state index in [4.69, 9.17) is 14.2 Å². The molecule has 4 N–H and O–H groups in total. The first-order chi connectivity index (χ1) is 26.4. The zero-order chi connectivity index (χ0) is 39.1. The summed E-state index contributed by atoms with van der Waals surface area (Å²) in [5, 5.41) is 28.2. The molecule has 1 spiro atoms. The number of aromatic amines is 1. The van der Waals surface area contributed by atoms with Crippen LogP contribution < -0.4 is 15.0 Å². The molecule has 55 heavy (non-hydrogen) atoms. The van der Waals surface area contributed by atoms with Crippen molar-refractivity contribution in [3.63, 3.8) is 0 Å². The van der Waals surface area contributed by atoms with Gasteiger partial charge in [0.2, 0.25) is 0 Å². The molecule has 1 saturated carbocycles. The molecule has 8 rings (SSSR count). The number of H-pyrrole nitrogens is 1. The number of aliphatic hydroxyl groups excluding tert-OH is 1. The molecule has 2 fully saturated rings. The fourth-order valence-electron chi connectivity index (χ4n) is 11.4. The van der Waals surface area contributed by atoms with Gasteiger partial charge in [-0.15, -0.1) is 0 Å². The lowest BCUT2D eigenvalue weighted by Gasteiger charge is -2.60. The van der Waals surface area contributed by atoms with E-state index < -0.39 is 57.9 Å². The lowest BCUT2D eigenvalue weighted by molar-refractivity contribution is -0.184. The normalized spacial score (nSPS) is 34.6. The van der Waals surface area contributed by atoms with Gasteiger partial charge in [-0.25, -0.2) is 4.39 Å². The molecule has 0 radical (unpaired) electrons. The molecule has 1 aliphatic carbocycles. The lowest BCUT2D eigenvalue weighted by atomic mass is 9.51. The Balaban J connectivity index is 1.44. The molecule has 1 saturated heterocycles. The third-order valence-corrected chi connectivity index (χ3v) is 13.9. The third kappa shape index (κ3) is 5.20. The Bertz CT molecular complexity index is 2100. The van der Waals surface area contributed by atoms with Gasteiger partial charge in [-0.1, -0.05) is 38.2 Å². The molecule has 11 nitrogen and oxygen atoms in total. The summed E-state index contributed by atoms with van der Waals surface area (Å²) >= 11 is 0. The van der Waals surface area contributed by atoms with E-state index in [1.165, 1.54) is 26.2 Å². The highest BCUT2D eigenvalue weighted by Crippen LogP contribution is 2.65. The van der Waals surface area contributed by atoms with Gasteiger partial charge >= 0.3 is 11.9 Å². The number of β-amino-alcohol motifs (C(OH)–C–C–N with tert-alkyl or cyclic N) is 1. The first kappa shape index (κ1) is 37.7. The van der Waals surface area contributed by atoms with Gasteiger partial charge in [-0.05, 0) is 80.6 Å². The average molecular weight is 757 g/mol. The number of halogens is 1. The Morgan fingerprint density at radius 1 is 1.07 bits per heavy atom. The molecule has 5 aliphatic rings. The molecular formula is C43H53FN4O7. The van der Waals surface area contributed by atoms with Gasteiger partial charge in [0.05, 0.1) is 25.9 Å². The second kappa shape index (κ2) is 13.5. The molecule has 4 aliphatic heterocycles. The summed E-state index contributed by atoms with van der Waals surface area (Å²) in [5.74, 6) is -0.976. The van der Waals surface area contributed by atoms with E-state index >= 15 is 0 Å². The van der Waals surface area contributed by atoms with Crippen LogP contribution in [0, 0.1) is 11.2 Å². The summed E-state index contributed by atoms with van der Waals surface area (Å²) in [4.78, 5) is 35.7. The van der Waals surface area contributed by atoms with Crippen molar-refractivity contribution >= 4 is 28.5 Å². The number of fused-ring (bicyclic) bond motifs is 4. The molecule has 12 heteroatoms. The number of anilines is 1. The molecule has 0 amide bonds. The number of carbonyl (C=O) groups is 2. The van der Waals surface area contributed by atoms with Crippen molar-refractivity contribution in [3.8, 4) is 5.75 Å². The number of carbonyl (C=O) groups excluding carboxylic acids is 2. The van der Waals surface area contributed by atoms with E-state index in [0.717, 1.165) is 36.3 Å². The van der Waals surface area contributed by atoms with Crippen molar-refractivity contribution in [2.45, 2.75) is 93.6 Å². The molecule has 8 atom stereocenters. The van der Waals surface area contributed by atoms with Crippen LogP contribution in [-0.4, -0.2) is 109 Å². The fourth-order valence-corrected chi connectivity index (χ4v) is 11.4. The summed E-state index contributed by atoms with van der Waals surface area (Å²) < 4.78 is 33.1. The SMILES string of the molecule is CCC1(O)C/C=C\[C@](C(=O)OC)(c2cc3c(cc2OC)N(C)C2[C@H](O)[C@H](OC(C)=O)[C@]4(CC)C=CCN5CC[C@]32[C@@H]54)c2[nH]c3ccc(F)cc3c2CCNC1. The minimum atomic E-state index is -1.63. The number of aliphatic hydroxyl groups is 2. The number of hydrogen-bond donors (Lipinski definition) is 4. The Labute approximate surface area is 321 Å². The molecule has 3 aromatic rings. The van der Waals surface area contributed by atoms with Crippen LogP contribution in [0.5, 0.6) is 5.75 Å². The fraction of sp³-hybridized carbons (Fsp3) is 0.535. The second-order valence-corrected chi connectivity index (χ2v) is 16.3. The lowest BCUT2D eigenvalue weighted by Crippen LogP contribution is -2.74. The smallest absolute Gasteiger partial charge is 0.326 e. The van der Waals surface area contributed by atoms with Gasteiger partial charge in [0.1, 0.15) is 23.8 Å². The van der Waals surface area contributed by atoms with Gasteiger partial charge < -0.3 is 39.6 Å². The topological polar surface area (TPSA) is 137 Å². The maximum Gasteiger partial charge on any atom is 0.326 e. The van der Waals surface area contributed by atoms with E-state index in [2.05, 4.69) is 45.2 Å². The number of nitrogens with zero attached hydrogens (tertiary/aromatic N) is 2. The van der Waals surface area contributed by atoms with Crippen LogP contribution in [0.3, 0.4) is 0 Å². The van der Waals surface area contributed by atoms with Crippen molar-refractivity contribution in [2.24, 2.45) is 5.41 Å². The third-order valence-electron chi connectivity index (χ3n) is 13.9. The molecular weight excluding hydrogens is 703 g/mol. The Morgan fingerprint density at radius 2 is 1.87 bits per heavy atom. The Hall–Kier alpha value is -4.23. The quantitative estimate of drug-likeness (QED) is 0.212. The predicted octanol–water partition coefficient (Wildman–Crippen LogP) is 4.41. The van der Waals surface area contributed by atoms with E-state index in [-0.39, 0.29) is 12.5 Å². The van der Waals surface area contributed by atoms with Crippen molar-refractivity contribution in [2.75, 3.05) is 52.3 Å². The van der Waals surface area contributed by atoms with Crippen LogP contribution in [0.1, 0.15) is 68.8 Å². The van der Waals surface area contributed by atoms with Gasteiger partial charge in [-0.2, -0.15) is 0 Å². The molecule has 2 unspecified atom stereocenters. The number of nitrogens with one attached hydrogen (secondary N) is 2. The van der Waals surface area contributed by atoms with Gasteiger partial charge in [0.15, 0.2) is 5.41 Å². The Kier molecular flexibility index (Phi) is 9.22. The van der Waals surface area contributed by atoms with Crippen molar-refractivity contribution in [1.82, 2.24) is 15.2 Å². The minimum Gasteiger partial charge on any atom is -0.496 e. The van der Waals surface area contributed by atoms with Crippen molar-refractivity contribution < 1.29 is 38.4 Å². The highest BCUT2D eigenvalue weighted by molar-refractivity contribution is 5.96. The maximum absolute atomic E-state index is 15.0. The van der Waals surface area contributed by atoms with E-state index in [1.54, 1.807) is 13.2 Å². The number of aromatic nitrogens is 1. The monoisotopic (exact) mass is 756 g/mol. The van der Waals surface area contributed by atoms with Gasteiger partial charge in [0, 0.05) is 77.8 Å². The van der Waals surface area contributed by atoms with E-state index in [1.807, 2.05) is 32.2 Å². The number of benzene rings is 2. The van der Waals surface area contributed by atoms with Gasteiger partial charge in [0.25, 0.3) is 0 Å². The summed E-state index contributed by atoms with van der Waals surface area (Å²) in [5.41, 5.74) is 0.301.